The number of ether oxygens (including phenoxy) is 1. The van der Waals surface area contributed by atoms with E-state index in [1.165, 1.54) is 12.8 Å². The molecular formula is C20H27N5O5. The number of methoxy groups -OCH3 is 1. The summed E-state index contributed by atoms with van der Waals surface area (Å²) in [5, 5.41) is 31.5. The van der Waals surface area contributed by atoms with Crippen LogP contribution in [0.15, 0.2) is 41.6 Å². The van der Waals surface area contributed by atoms with Gasteiger partial charge < -0.3 is 25.3 Å². The van der Waals surface area contributed by atoms with Crippen LogP contribution in [0, 0.1) is 5.41 Å². The van der Waals surface area contributed by atoms with Gasteiger partial charge in [0, 0.05) is 41.4 Å². The molecule has 0 fully saturated rings. The maximum absolute atomic E-state index is 9.55. The van der Waals surface area contributed by atoms with Crippen LogP contribution in [0.25, 0.3) is 10.9 Å². The third kappa shape index (κ3) is 9.40. The first-order chi connectivity index (χ1) is 14.4. The number of aromatic nitrogens is 1. The van der Waals surface area contributed by atoms with Crippen molar-refractivity contribution in [3.63, 3.8) is 0 Å². The molecule has 1 heterocycles. The van der Waals surface area contributed by atoms with Crippen LogP contribution in [0.4, 0.5) is 0 Å². The Balaban J connectivity index is 0.000000479. The third-order valence-corrected chi connectivity index (χ3v) is 3.75. The van der Waals surface area contributed by atoms with E-state index in [2.05, 4.69) is 27.8 Å². The number of unbranched alkanes of at least 4 members (excludes halogenated alkanes) is 2. The number of carboxylic acids is 2. The Morgan fingerprint density at radius 3 is 2.53 bits per heavy atom. The van der Waals surface area contributed by atoms with Crippen molar-refractivity contribution in [1.82, 2.24) is 15.7 Å². The zero-order chi connectivity index (χ0) is 22.4. The Hall–Kier alpha value is -3.82. The summed E-state index contributed by atoms with van der Waals surface area (Å²) >= 11 is 0. The molecule has 0 aliphatic heterocycles. The SMILES string of the molecule is CCCCCNC(=N)NN=Cc1c[nH]c2ccc(OC)cc12.O=C(O)/C=C\C(=O)O. The predicted octanol–water partition coefficient (Wildman–Crippen LogP) is 2.53. The van der Waals surface area contributed by atoms with Gasteiger partial charge in [-0.1, -0.05) is 19.8 Å². The van der Waals surface area contributed by atoms with Crippen LogP contribution in [0.5, 0.6) is 5.75 Å². The summed E-state index contributed by atoms with van der Waals surface area (Å²) in [6.45, 7) is 2.95. The van der Waals surface area contributed by atoms with Gasteiger partial charge in [-0.2, -0.15) is 5.10 Å². The van der Waals surface area contributed by atoms with E-state index in [4.69, 9.17) is 20.4 Å². The largest absolute Gasteiger partial charge is 0.497 e. The predicted molar refractivity (Wildman–Crippen MR) is 115 cm³/mol. The highest BCUT2D eigenvalue weighted by Gasteiger charge is 2.03. The molecule has 0 saturated heterocycles. The molecule has 0 spiro atoms. The van der Waals surface area contributed by atoms with Crippen molar-refractivity contribution in [3.8, 4) is 5.75 Å². The number of nitrogens with zero attached hydrogens (tertiary/aromatic N) is 1. The highest BCUT2D eigenvalue weighted by molar-refractivity contribution is 5.99. The molecule has 2 rings (SSSR count). The Morgan fingerprint density at radius 2 is 1.93 bits per heavy atom. The number of aliphatic carboxylic acids is 2. The van der Waals surface area contributed by atoms with Gasteiger partial charge in [0.15, 0.2) is 0 Å². The van der Waals surface area contributed by atoms with Crippen molar-refractivity contribution in [3.05, 3.63) is 42.1 Å². The summed E-state index contributed by atoms with van der Waals surface area (Å²) in [7, 11) is 1.65. The minimum atomic E-state index is -1.26. The lowest BCUT2D eigenvalue weighted by Crippen LogP contribution is -2.33. The molecule has 0 amide bonds. The van der Waals surface area contributed by atoms with Crippen LogP contribution < -0.4 is 15.5 Å². The number of carboxylic acid groups (broad SMARTS) is 2. The molecule has 10 nitrogen and oxygen atoms in total. The molecule has 0 aliphatic rings. The molecule has 1 aromatic carbocycles. The van der Waals surface area contributed by atoms with Gasteiger partial charge in [0.1, 0.15) is 5.75 Å². The fraction of sp³-hybridized carbons (Fsp3) is 0.300. The molecule has 0 saturated carbocycles. The Labute approximate surface area is 174 Å². The van der Waals surface area contributed by atoms with Crippen LogP contribution >= 0.6 is 0 Å². The number of H-pyrrole nitrogens is 1. The van der Waals surface area contributed by atoms with Crippen molar-refractivity contribution in [2.45, 2.75) is 26.2 Å². The molecule has 1 aromatic heterocycles. The smallest absolute Gasteiger partial charge is 0.328 e. The second kappa shape index (κ2) is 13.4. The van der Waals surface area contributed by atoms with Gasteiger partial charge in [-0.05, 0) is 24.6 Å². The lowest BCUT2D eigenvalue weighted by molar-refractivity contribution is -0.134. The van der Waals surface area contributed by atoms with Crippen LogP contribution in [-0.2, 0) is 9.59 Å². The topological polar surface area (TPSA) is 160 Å². The molecule has 30 heavy (non-hydrogen) atoms. The van der Waals surface area contributed by atoms with E-state index in [0.717, 1.165) is 35.2 Å². The average Bonchev–Trinajstić information content (AvgIpc) is 3.12. The molecule has 0 bridgehead atoms. The monoisotopic (exact) mass is 417 g/mol. The number of benzene rings is 1. The Kier molecular flexibility index (Phi) is 10.8. The van der Waals surface area contributed by atoms with Crippen molar-refractivity contribution in [2.24, 2.45) is 5.10 Å². The summed E-state index contributed by atoms with van der Waals surface area (Å²) < 4.78 is 5.24. The minimum absolute atomic E-state index is 0.213. The molecule has 2 aromatic rings. The first-order valence-electron chi connectivity index (χ1n) is 9.28. The summed E-state index contributed by atoms with van der Waals surface area (Å²) in [5.74, 6) is -1.50. The first-order valence-corrected chi connectivity index (χ1v) is 9.28. The minimum Gasteiger partial charge on any atom is -0.497 e. The molecule has 0 unspecified atom stereocenters. The van der Waals surface area contributed by atoms with Crippen LogP contribution in [0.3, 0.4) is 0 Å². The molecule has 0 atom stereocenters. The number of hydrogen-bond acceptors (Lipinski definition) is 5. The van der Waals surface area contributed by atoms with Gasteiger partial charge >= 0.3 is 11.9 Å². The number of hydrogen-bond donors (Lipinski definition) is 6. The number of fused-ring (bicyclic) bond motifs is 1. The quantitative estimate of drug-likeness (QED) is 0.120. The van der Waals surface area contributed by atoms with Gasteiger partial charge in [0.05, 0.1) is 13.3 Å². The normalized spacial score (nSPS) is 10.6. The van der Waals surface area contributed by atoms with E-state index in [1.54, 1.807) is 13.3 Å². The number of carbonyl (C=O) groups is 2. The number of hydrazone groups is 1. The van der Waals surface area contributed by atoms with E-state index < -0.39 is 11.9 Å². The summed E-state index contributed by atoms with van der Waals surface area (Å²) in [6.07, 6.45) is 8.09. The van der Waals surface area contributed by atoms with Gasteiger partial charge in [-0.25, -0.2) is 15.0 Å². The van der Waals surface area contributed by atoms with Crippen molar-refractivity contribution < 1.29 is 24.5 Å². The fourth-order valence-corrected chi connectivity index (χ4v) is 2.29. The van der Waals surface area contributed by atoms with Crippen LogP contribution in [0.2, 0.25) is 0 Å². The molecule has 0 radical (unpaired) electrons. The van der Waals surface area contributed by atoms with Crippen molar-refractivity contribution >= 4 is 35.0 Å². The van der Waals surface area contributed by atoms with Gasteiger partial charge in [0.25, 0.3) is 0 Å². The second-order valence-corrected chi connectivity index (χ2v) is 6.04. The summed E-state index contributed by atoms with van der Waals surface area (Å²) in [6, 6.07) is 5.84. The zero-order valence-electron chi connectivity index (χ0n) is 16.9. The van der Waals surface area contributed by atoms with Crippen LogP contribution in [-0.4, -0.2) is 53.0 Å². The van der Waals surface area contributed by atoms with Gasteiger partial charge in [-0.3, -0.25) is 5.41 Å². The number of aromatic amines is 1. The van der Waals surface area contributed by atoms with E-state index in [-0.39, 0.29) is 5.96 Å². The molecule has 10 heteroatoms. The van der Waals surface area contributed by atoms with Crippen molar-refractivity contribution in [2.75, 3.05) is 13.7 Å². The zero-order valence-corrected chi connectivity index (χ0v) is 16.9. The fourth-order valence-electron chi connectivity index (χ4n) is 2.29. The van der Waals surface area contributed by atoms with E-state index in [9.17, 15) is 9.59 Å². The molecule has 6 N–H and O–H groups in total. The maximum Gasteiger partial charge on any atom is 0.328 e. The summed E-state index contributed by atoms with van der Waals surface area (Å²) in [4.78, 5) is 22.3. The molecule has 162 valence electrons. The second-order valence-electron chi connectivity index (χ2n) is 6.04. The molecule has 0 aliphatic carbocycles. The number of rotatable bonds is 9. The van der Waals surface area contributed by atoms with E-state index in [1.807, 2.05) is 24.4 Å². The lowest BCUT2D eigenvalue weighted by Gasteiger charge is -2.05. The highest BCUT2D eigenvalue weighted by Crippen LogP contribution is 2.22. The van der Waals surface area contributed by atoms with Crippen molar-refractivity contribution in [1.29, 1.82) is 5.41 Å². The summed E-state index contributed by atoms with van der Waals surface area (Å²) in [5.41, 5.74) is 4.66. The Morgan fingerprint density at radius 1 is 1.23 bits per heavy atom. The van der Waals surface area contributed by atoms with Crippen LogP contribution in [0.1, 0.15) is 31.7 Å². The van der Waals surface area contributed by atoms with Gasteiger partial charge in [-0.15, -0.1) is 0 Å². The van der Waals surface area contributed by atoms with E-state index >= 15 is 0 Å². The third-order valence-electron chi connectivity index (χ3n) is 3.75. The highest BCUT2D eigenvalue weighted by atomic mass is 16.5. The molecular weight excluding hydrogens is 390 g/mol. The van der Waals surface area contributed by atoms with Gasteiger partial charge in [0.2, 0.25) is 5.96 Å². The average molecular weight is 417 g/mol. The maximum atomic E-state index is 9.55. The first kappa shape index (κ1) is 24.2. The Bertz CT molecular complexity index is 888. The van der Waals surface area contributed by atoms with E-state index in [0.29, 0.717) is 12.2 Å². The lowest BCUT2D eigenvalue weighted by atomic mass is 10.2. The number of guanidine groups is 1. The standard InChI is InChI=1S/C16H23N5O.C4H4O4/c1-3-4-5-8-18-16(17)21-20-11-12-10-19-15-7-6-13(22-2)9-14(12)15;5-3(6)1-2-4(7)8/h6-7,9-11,19H,3-5,8H2,1-2H3,(H3,17,18,21);1-2H,(H,5,6)(H,7,8)/b;2-1-. The number of nitrogens with one attached hydrogen (secondary N) is 4.